The summed E-state index contributed by atoms with van der Waals surface area (Å²) in [6, 6.07) is 9.86. The molecular formula is C38H46F3IN8O2. The van der Waals surface area contributed by atoms with Crippen molar-refractivity contribution in [1.29, 1.82) is 5.41 Å². The van der Waals surface area contributed by atoms with Gasteiger partial charge in [-0.1, -0.05) is 0 Å². The van der Waals surface area contributed by atoms with E-state index in [1.807, 2.05) is 24.1 Å². The van der Waals surface area contributed by atoms with E-state index in [9.17, 15) is 22.8 Å². The van der Waals surface area contributed by atoms with Crippen LogP contribution in [0.1, 0.15) is 54.5 Å². The number of pyridine rings is 1. The number of allylic oxidation sites excluding steroid dienone is 1. The average molecular weight is 831 g/mol. The summed E-state index contributed by atoms with van der Waals surface area (Å²) in [6.45, 7) is 1.87. The Hall–Kier alpha value is -4.02. The molecule has 14 heteroatoms. The number of alkyl halides is 6. The Morgan fingerprint density at radius 2 is 1.96 bits per heavy atom. The number of rotatable bonds is 11. The Balaban J connectivity index is 0.989. The Morgan fingerprint density at radius 1 is 1.17 bits per heavy atom. The van der Waals surface area contributed by atoms with E-state index in [0.717, 1.165) is 68.1 Å². The Morgan fingerprint density at radius 3 is 2.65 bits per heavy atom. The third kappa shape index (κ3) is 8.13. The summed E-state index contributed by atoms with van der Waals surface area (Å²) in [6.07, 6.45) is 9.47. The topological polar surface area (TPSA) is 153 Å². The zero-order valence-electron chi connectivity index (χ0n) is 29.2. The van der Waals surface area contributed by atoms with E-state index in [1.165, 1.54) is 11.6 Å². The summed E-state index contributed by atoms with van der Waals surface area (Å²) < 4.78 is 42.9. The molecule has 0 bridgehead atoms. The minimum atomic E-state index is -4.62. The van der Waals surface area contributed by atoms with Crippen LogP contribution >= 0.6 is 19.8 Å². The number of amides is 2. The van der Waals surface area contributed by atoms with Crippen LogP contribution in [0.3, 0.4) is 0 Å². The van der Waals surface area contributed by atoms with Gasteiger partial charge >= 0.3 is 262 Å². The number of halogens is 4. The number of likely N-dealkylation sites (tertiary alicyclic amines) is 1. The molecule has 4 aliphatic rings. The van der Waals surface area contributed by atoms with Crippen molar-refractivity contribution in [2.75, 3.05) is 40.0 Å². The molecule has 3 aliphatic heterocycles. The molecule has 2 aromatic rings. The summed E-state index contributed by atoms with van der Waals surface area (Å²) in [5.74, 6) is 5.24. The van der Waals surface area contributed by atoms with Crippen molar-refractivity contribution in [3.63, 3.8) is 0 Å². The van der Waals surface area contributed by atoms with Crippen LogP contribution in [0.25, 0.3) is 11.3 Å². The predicted molar refractivity (Wildman–Crippen MR) is 206 cm³/mol. The molecule has 1 aromatic carbocycles. The van der Waals surface area contributed by atoms with Crippen molar-refractivity contribution >= 4 is 48.6 Å². The van der Waals surface area contributed by atoms with Gasteiger partial charge in [-0.25, -0.2) is 0 Å². The Kier molecular flexibility index (Phi) is 11.6. The van der Waals surface area contributed by atoms with Crippen LogP contribution in [0.5, 0.6) is 0 Å². The SMILES string of the molecule is CNC=C(NN)c1ccc(C2=CCN(C(=O)CCCI3CCC4(CCN(C5=CC(C(=N)c6ccnc(C(F)(F)F)c6)C(N)C=C5)C4=O)C3)CC2)cc1. The van der Waals surface area contributed by atoms with Crippen LogP contribution in [0.2, 0.25) is 0 Å². The molecule has 2 amide bonds. The molecule has 6 rings (SSSR count). The number of aromatic nitrogens is 1. The Bertz CT molecular complexity index is 1810. The van der Waals surface area contributed by atoms with Crippen molar-refractivity contribution in [1.82, 2.24) is 25.5 Å². The van der Waals surface area contributed by atoms with Crippen LogP contribution in [-0.4, -0.2) is 78.3 Å². The average Bonchev–Trinajstić information content (AvgIpc) is 3.72. The normalized spacial score (nSPS) is 24.3. The second kappa shape index (κ2) is 15.9. The first kappa shape index (κ1) is 37.7. The van der Waals surface area contributed by atoms with Gasteiger partial charge in [0.2, 0.25) is 0 Å². The number of nitrogens with zero attached hydrogens (tertiary/aromatic N) is 3. The van der Waals surface area contributed by atoms with E-state index in [4.69, 9.17) is 17.0 Å². The minimum absolute atomic E-state index is 0.0448. The molecule has 7 N–H and O–H groups in total. The van der Waals surface area contributed by atoms with E-state index < -0.39 is 43.6 Å². The van der Waals surface area contributed by atoms with Gasteiger partial charge in [-0.2, -0.15) is 13.2 Å². The first-order valence-corrected chi connectivity index (χ1v) is 22.1. The summed E-state index contributed by atoms with van der Waals surface area (Å²) in [5, 5.41) is 11.7. The maximum absolute atomic E-state index is 13.9. The van der Waals surface area contributed by atoms with E-state index in [1.54, 1.807) is 29.3 Å². The van der Waals surface area contributed by atoms with Gasteiger partial charge in [0, 0.05) is 13.2 Å². The fourth-order valence-electron chi connectivity index (χ4n) is 7.41. The van der Waals surface area contributed by atoms with Crippen LogP contribution in [0.4, 0.5) is 13.2 Å². The monoisotopic (exact) mass is 830 g/mol. The first-order chi connectivity index (χ1) is 24.9. The van der Waals surface area contributed by atoms with Gasteiger partial charge in [-0.15, -0.1) is 0 Å². The molecule has 3 atom stereocenters. The van der Waals surface area contributed by atoms with Crippen molar-refractivity contribution in [2.45, 2.75) is 44.3 Å². The van der Waals surface area contributed by atoms with Gasteiger partial charge in [-0.05, 0) is 0 Å². The molecule has 10 nitrogen and oxygen atoms in total. The van der Waals surface area contributed by atoms with Gasteiger partial charge in [0.1, 0.15) is 0 Å². The number of carbonyl (C=O) groups excluding carboxylic acids is 2. The number of nitrogens with one attached hydrogen (secondary N) is 3. The molecule has 2 fully saturated rings. The quantitative estimate of drug-likeness (QED) is 0.0698. The second-order valence-corrected chi connectivity index (χ2v) is 19.9. The fraction of sp³-hybridized carbons (Fsp3) is 0.421. The van der Waals surface area contributed by atoms with Crippen LogP contribution in [-0.2, 0) is 15.8 Å². The molecule has 2 saturated heterocycles. The predicted octanol–water partition coefficient (Wildman–Crippen LogP) is 5.07. The molecule has 4 heterocycles. The van der Waals surface area contributed by atoms with Gasteiger partial charge in [-0.3, -0.25) is 5.84 Å². The molecular weight excluding hydrogens is 784 g/mol. The van der Waals surface area contributed by atoms with Gasteiger partial charge in [0.05, 0.1) is 5.70 Å². The molecule has 0 radical (unpaired) electrons. The molecule has 0 saturated carbocycles. The van der Waals surface area contributed by atoms with Crippen LogP contribution in [0, 0.1) is 16.7 Å². The van der Waals surface area contributed by atoms with E-state index in [2.05, 4.69) is 33.9 Å². The maximum atomic E-state index is 13.9. The standard InChI is InChI=1S/C38H46F3IN8O2/c1-46-23-32(48-45)27-6-4-25(5-7-27)26-11-18-49(19-12-26)34(51)3-2-15-42-16-13-37(24-42)14-20-50(36(37)52)29-8-9-31(43)30(22-29)35(44)28-10-17-47-33(21-28)38(39,40)41/h4-11,17,21-23,30-31,44,46,48H,2-3,12-16,18-20,24,43,45H2,1H3. The number of carbonyl (C=O) groups is 2. The van der Waals surface area contributed by atoms with Crippen LogP contribution in [0.15, 0.2) is 78.8 Å². The molecule has 278 valence electrons. The number of benzene rings is 1. The molecule has 1 aromatic heterocycles. The van der Waals surface area contributed by atoms with Crippen molar-refractivity contribution in [2.24, 2.45) is 22.9 Å². The first-order valence-electron chi connectivity index (χ1n) is 17.5. The summed E-state index contributed by atoms with van der Waals surface area (Å²) in [4.78, 5) is 34.2. The summed E-state index contributed by atoms with van der Waals surface area (Å²) in [5.41, 5.74) is 12.4. The molecule has 3 unspecified atom stereocenters. The third-order valence-corrected chi connectivity index (χ3v) is 17.3. The van der Waals surface area contributed by atoms with Gasteiger partial charge in [0.25, 0.3) is 0 Å². The molecule has 1 aliphatic carbocycles. The van der Waals surface area contributed by atoms with Crippen molar-refractivity contribution in [3.8, 4) is 0 Å². The fourth-order valence-corrected chi connectivity index (χ4v) is 15.1. The van der Waals surface area contributed by atoms with Crippen LogP contribution < -0.4 is 22.3 Å². The third-order valence-electron chi connectivity index (χ3n) is 10.4. The van der Waals surface area contributed by atoms with E-state index >= 15 is 0 Å². The zero-order valence-corrected chi connectivity index (χ0v) is 31.3. The number of nitrogens with two attached hydrogens (primary N) is 2. The number of hydrogen-bond acceptors (Lipinski definition) is 8. The summed E-state index contributed by atoms with van der Waals surface area (Å²) in [7, 11) is 1.82. The second-order valence-electron chi connectivity index (χ2n) is 13.7. The molecule has 1 spiro atoms. The Labute approximate surface area is 309 Å². The zero-order chi connectivity index (χ0) is 37.0. The summed E-state index contributed by atoms with van der Waals surface area (Å²) >= 11 is -1.42. The number of hydrazine groups is 1. The number of hydrogen-bond donors (Lipinski definition) is 5. The van der Waals surface area contributed by atoms with Gasteiger partial charge in [0.15, 0.2) is 0 Å². The van der Waals surface area contributed by atoms with Crippen molar-refractivity contribution < 1.29 is 22.8 Å². The van der Waals surface area contributed by atoms with Crippen molar-refractivity contribution in [3.05, 3.63) is 101 Å². The van der Waals surface area contributed by atoms with E-state index in [0.29, 0.717) is 31.8 Å². The van der Waals surface area contributed by atoms with Gasteiger partial charge < -0.3 is 10.7 Å². The van der Waals surface area contributed by atoms with E-state index in [-0.39, 0.29) is 28.5 Å². The molecule has 52 heavy (non-hydrogen) atoms.